The van der Waals surface area contributed by atoms with E-state index in [-0.39, 0.29) is 22.9 Å². The van der Waals surface area contributed by atoms with Crippen molar-refractivity contribution in [1.82, 2.24) is 5.32 Å². The van der Waals surface area contributed by atoms with Crippen molar-refractivity contribution in [2.45, 2.75) is 17.1 Å². The molecule has 0 spiro atoms. The Balaban J connectivity index is 1.91. The first-order valence-electron chi connectivity index (χ1n) is 8.37. The van der Waals surface area contributed by atoms with E-state index in [1.807, 2.05) is 0 Å². The second kappa shape index (κ2) is 8.55. The molecule has 0 bridgehead atoms. The number of amides is 1. The lowest BCUT2D eigenvalue weighted by atomic mass is 10.2. The van der Waals surface area contributed by atoms with Gasteiger partial charge in [0.2, 0.25) is 0 Å². The molecule has 0 saturated heterocycles. The highest BCUT2D eigenvalue weighted by molar-refractivity contribution is 9.10. The minimum atomic E-state index is -3.83. The molecule has 146 valence electrons. The molecule has 2 aromatic carbocycles. The lowest BCUT2D eigenvalue weighted by Gasteiger charge is -2.18. The maximum atomic E-state index is 13.6. The van der Waals surface area contributed by atoms with E-state index in [4.69, 9.17) is 0 Å². The molecule has 28 heavy (non-hydrogen) atoms. The van der Waals surface area contributed by atoms with Crippen LogP contribution in [0.15, 0.2) is 69.3 Å². The Kier molecular flexibility index (Phi) is 6.32. The Morgan fingerprint density at radius 1 is 1.18 bits per heavy atom. The summed E-state index contributed by atoms with van der Waals surface area (Å²) in [4.78, 5) is 13.2. The first kappa shape index (κ1) is 20.7. The lowest BCUT2D eigenvalue weighted by molar-refractivity contribution is 0.0953. The number of benzene rings is 2. The number of thiophene rings is 1. The number of nitrogens with one attached hydrogen (secondary N) is 1. The van der Waals surface area contributed by atoms with Crippen LogP contribution < -0.4 is 5.32 Å². The van der Waals surface area contributed by atoms with Crippen LogP contribution in [0.25, 0.3) is 0 Å². The van der Waals surface area contributed by atoms with Crippen molar-refractivity contribution in [3.8, 4) is 0 Å². The zero-order valence-electron chi connectivity index (χ0n) is 14.9. The largest absolute Gasteiger partial charge is 0.350 e. The minimum Gasteiger partial charge on any atom is -0.350 e. The molecular formula is C20H17BrFNO3S2. The normalized spacial score (nSPS) is 12.5. The van der Waals surface area contributed by atoms with Gasteiger partial charge in [-0.25, -0.2) is 12.8 Å². The highest BCUT2D eigenvalue weighted by Gasteiger charge is 2.31. The molecule has 3 aromatic rings. The minimum absolute atomic E-state index is 0.0277. The molecule has 0 radical (unpaired) electrons. The van der Waals surface area contributed by atoms with Crippen LogP contribution in [-0.2, 0) is 9.84 Å². The summed E-state index contributed by atoms with van der Waals surface area (Å²) in [5, 5.41) is 3.53. The van der Waals surface area contributed by atoms with Crippen LogP contribution in [0.5, 0.6) is 0 Å². The first-order valence-corrected chi connectivity index (χ1v) is 11.6. The SMILES string of the molecule is Cc1cc(S(=O)(=O)C(CNC(=O)c2ccccc2Br)c2cccs2)ccc1F. The number of aryl methyl sites for hydroxylation is 1. The summed E-state index contributed by atoms with van der Waals surface area (Å²) >= 11 is 4.62. The number of hydrogen-bond acceptors (Lipinski definition) is 4. The molecule has 0 fully saturated rings. The van der Waals surface area contributed by atoms with Crippen molar-refractivity contribution in [3.63, 3.8) is 0 Å². The smallest absolute Gasteiger partial charge is 0.252 e. The van der Waals surface area contributed by atoms with Crippen LogP contribution in [0.2, 0.25) is 0 Å². The van der Waals surface area contributed by atoms with E-state index >= 15 is 0 Å². The summed E-state index contributed by atoms with van der Waals surface area (Å²) in [7, 11) is -3.83. The number of hydrogen-bond donors (Lipinski definition) is 1. The number of halogens is 2. The predicted molar refractivity (Wildman–Crippen MR) is 112 cm³/mol. The zero-order chi connectivity index (χ0) is 20.3. The van der Waals surface area contributed by atoms with E-state index in [0.717, 1.165) is 6.07 Å². The number of rotatable bonds is 6. The fourth-order valence-corrected chi connectivity index (χ4v) is 6.05. The Bertz CT molecular complexity index is 1100. The van der Waals surface area contributed by atoms with Gasteiger partial charge in [-0.1, -0.05) is 18.2 Å². The zero-order valence-corrected chi connectivity index (χ0v) is 18.1. The van der Waals surface area contributed by atoms with Crippen molar-refractivity contribution in [2.24, 2.45) is 0 Å². The Morgan fingerprint density at radius 2 is 1.93 bits per heavy atom. The first-order chi connectivity index (χ1) is 13.3. The predicted octanol–water partition coefficient (Wildman–Crippen LogP) is 4.90. The molecule has 4 nitrogen and oxygen atoms in total. The van der Waals surface area contributed by atoms with Crippen LogP contribution in [0.1, 0.15) is 26.0 Å². The van der Waals surface area contributed by atoms with Gasteiger partial charge in [0.1, 0.15) is 11.1 Å². The molecular weight excluding hydrogens is 465 g/mol. The molecule has 1 amide bonds. The quantitative estimate of drug-likeness (QED) is 0.509. The van der Waals surface area contributed by atoms with E-state index in [2.05, 4.69) is 21.2 Å². The van der Waals surface area contributed by atoms with Gasteiger partial charge >= 0.3 is 0 Å². The Labute approximate surface area is 175 Å². The average Bonchev–Trinajstić information content (AvgIpc) is 3.18. The third-order valence-corrected chi connectivity index (χ3v) is 8.17. The maximum absolute atomic E-state index is 13.6. The highest BCUT2D eigenvalue weighted by Crippen LogP contribution is 2.32. The second-order valence-corrected chi connectivity index (χ2v) is 10.1. The monoisotopic (exact) mass is 481 g/mol. The van der Waals surface area contributed by atoms with Crippen molar-refractivity contribution in [3.05, 3.63) is 86.3 Å². The fraction of sp³-hybridized carbons (Fsp3) is 0.150. The van der Waals surface area contributed by atoms with Crippen molar-refractivity contribution in [1.29, 1.82) is 0 Å². The van der Waals surface area contributed by atoms with E-state index < -0.39 is 20.9 Å². The molecule has 1 heterocycles. The third kappa shape index (κ3) is 4.34. The molecule has 8 heteroatoms. The summed E-state index contributed by atoms with van der Waals surface area (Å²) in [6.07, 6.45) is 0. The summed E-state index contributed by atoms with van der Waals surface area (Å²) < 4.78 is 40.7. The number of carbonyl (C=O) groups excluding carboxylic acids is 1. The van der Waals surface area contributed by atoms with Gasteiger partial charge in [0.15, 0.2) is 9.84 Å². The van der Waals surface area contributed by atoms with E-state index in [9.17, 15) is 17.6 Å². The molecule has 0 aliphatic rings. The van der Waals surface area contributed by atoms with Gasteiger partial charge in [-0.2, -0.15) is 0 Å². The van der Waals surface area contributed by atoms with Crippen LogP contribution in [0, 0.1) is 12.7 Å². The van der Waals surface area contributed by atoms with E-state index in [1.165, 1.54) is 30.4 Å². The highest BCUT2D eigenvalue weighted by atomic mass is 79.9. The summed E-state index contributed by atoms with van der Waals surface area (Å²) in [6, 6.07) is 14.1. The molecule has 1 unspecified atom stereocenters. The summed E-state index contributed by atoms with van der Waals surface area (Å²) in [5.74, 6) is -0.839. The van der Waals surface area contributed by atoms with Gasteiger partial charge in [-0.05, 0) is 70.2 Å². The van der Waals surface area contributed by atoms with Crippen LogP contribution >= 0.6 is 27.3 Å². The van der Waals surface area contributed by atoms with Crippen molar-refractivity contribution >= 4 is 43.0 Å². The maximum Gasteiger partial charge on any atom is 0.252 e. The third-order valence-electron chi connectivity index (χ3n) is 4.26. The van der Waals surface area contributed by atoms with Gasteiger partial charge in [0.05, 0.1) is 10.5 Å². The van der Waals surface area contributed by atoms with Crippen LogP contribution in [0.4, 0.5) is 4.39 Å². The fourth-order valence-electron chi connectivity index (χ4n) is 2.72. The van der Waals surface area contributed by atoms with Crippen LogP contribution in [0.3, 0.4) is 0 Å². The van der Waals surface area contributed by atoms with Crippen molar-refractivity contribution < 1.29 is 17.6 Å². The summed E-state index contributed by atoms with van der Waals surface area (Å²) in [5.41, 5.74) is 0.672. The lowest BCUT2D eigenvalue weighted by Crippen LogP contribution is -2.31. The van der Waals surface area contributed by atoms with Crippen molar-refractivity contribution in [2.75, 3.05) is 6.54 Å². The van der Waals surface area contributed by atoms with Gasteiger partial charge < -0.3 is 5.32 Å². The standard InChI is InChI=1S/C20H17BrFNO3S2/c1-13-11-14(8-9-17(13)22)28(25,26)19(18-7-4-10-27-18)12-23-20(24)15-5-2-3-6-16(15)21/h2-11,19H,12H2,1H3,(H,23,24). The molecule has 1 atom stereocenters. The van der Waals surface area contributed by atoms with Gasteiger partial charge in [0, 0.05) is 15.9 Å². The number of sulfone groups is 1. The molecule has 0 aliphatic heterocycles. The number of carbonyl (C=O) groups is 1. The van der Waals surface area contributed by atoms with Gasteiger partial charge in [-0.15, -0.1) is 11.3 Å². The second-order valence-electron chi connectivity index (χ2n) is 6.15. The average molecular weight is 482 g/mol. The van der Waals surface area contributed by atoms with E-state index in [1.54, 1.807) is 41.8 Å². The molecule has 0 saturated carbocycles. The summed E-state index contributed by atoms with van der Waals surface area (Å²) in [6.45, 7) is 1.42. The molecule has 1 N–H and O–H groups in total. The topological polar surface area (TPSA) is 63.2 Å². The van der Waals surface area contributed by atoms with Gasteiger partial charge in [-0.3, -0.25) is 4.79 Å². The molecule has 1 aromatic heterocycles. The Hall–Kier alpha value is -2.03. The van der Waals surface area contributed by atoms with E-state index in [0.29, 0.717) is 14.9 Å². The molecule has 0 aliphatic carbocycles. The Morgan fingerprint density at radius 3 is 2.57 bits per heavy atom. The van der Waals surface area contributed by atoms with Crippen LogP contribution in [-0.4, -0.2) is 20.9 Å². The van der Waals surface area contributed by atoms with Gasteiger partial charge in [0.25, 0.3) is 5.91 Å². The molecule has 3 rings (SSSR count).